The van der Waals surface area contributed by atoms with Crippen LogP contribution in [0.4, 0.5) is 0 Å². The minimum Gasteiger partial charge on any atom is -0.313 e. The molecule has 0 heterocycles. The molecule has 0 saturated heterocycles. The summed E-state index contributed by atoms with van der Waals surface area (Å²) in [4.78, 5) is 0. The summed E-state index contributed by atoms with van der Waals surface area (Å²) >= 11 is 0. The number of rotatable bonds is 17. The van der Waals surface area contributed by atoms with Gasteiger partial charge in [-0.15, -0.1) is 0 Å². The van der Waals surface area contributed by atoms with Crippen LogP contribution in [0.5, 0.6) is 0 Å². The van der Waals surface area contributed by atoms with Gasteiger partial charge in [0.05, 0.1) is 5.66 Å². The van der Waals surface area contributed by atoms with Crippen molar-refractivity contribution < 1.29 is 0 Å². The van der Waals surface area contributed by atoms with Gasteiger partial charge in [-0.2, -0.15) is 0 Å². The second-order valence-corrected chi connectivity index (χ2v) is 7.33. The lowest BCUT2D eigenvalue weighted by molar-refractivity contribution is 0.347. The van der Waals surface area contributed by atoms with E-state index in [-0.39, 0.29) is 0 Å². The fourth-order valence-corrected chi connectivity index (χ4v) is 3.12. The molecule has 0 unspecified atom stereocenters. The molecule has 22 heavy (non-hydrogen) atoms. The quantitative estimate of drug-likeness (QED) is 0.245. The molecule has 2 nitrogen and oxygen atoms in total. The number of hydrogen-bond donors (Lipinski definition) is 2. The fraction of sp³-hybridized carbons (Fsp3) is 1.00. The number of unbranched alkanes of at least 4 members (excludes halogenated alkanes) is 13. The van der Waals surface area contributed by atoms with E-state index in [1.165, 1.54) is 96.3 Å². The van der Waals surface area contributed by atoms with Crippen LogP contribution in [0.2, 0.25) is 0 Å². The molecule has 0 aromatic carbocycles. The van der Waals surface area contributed by atoms with Crippen LogP contribution in [0.3, 0.4) is 0 Å². The minimum absolute atomic E-state index is 0.409. The van der Waals surface area contributed by atoms with Crippen LogP contribution in [0.15, 0.2) is 0 Å². The van der Waals surface area contributed by atoms with Crippen LogP contribution < -0.4 is 11.5 Å². The van der Waals surface area contributed by atoms with Crippen molar-refractivity contribution in [2.45, 2.75) is 129 Å². The predicted octanol–water partition coefficient (Wildman–Crippen LogP) is 6.27. The molecule has 0 spiro atoms. The van der Waals surface area contributed by atoms with Crippen LogP contribution in [0, 0.1) is 0 Å². The van der Waals surface area contributed by atoms with Gasteiger partial charge < -0.3 is 11.5 Å². The Kier molecular flexibility index (Phi) is 15.7. The molecule has 0 aromatic heterocycles. The summed E-state index contributed by atoms with van der Waals surface area (Å²) < 4.78 is 0. The maximum atomic E-state index is 6.17. The summed E-state index contributed by atoms with van der Waals surface area (Å²) in [6.07, 6.45) is 22.3. The summed E-state index contributed by atoms with van der Waals surface area (Å²) in [6.45, 7) is 4.50. The predicted molar refractivity (Wildman–Crippen MR) is 101 cm³/mol. The molecule has 134 valence electrons. The Bertz CT molecular complexity index is 214. The van der Waals surface area contributed by atoms with Crippen molar-refractivity contribution in [1.29, 1.82) is 0 Å². The third kappa shape index (κ3) is 16.3. The molecule has 0 rings (SSSR count). The van der Waals surface area contributed by atoms with E-state index in [4.69, 9.17) is 11.5 Å². The van der Waals surface area contributed by atoms with E-state index >= 15 is 0 Å². The van der Waals surface area contributed by atoms with Gasteiger partial charge in [0.25, 0.3) is 0 Å². The van der Waals surface area contributed by atoms with Crippen LogP contribution in [-0.2, 0) is 0 Å². The second kappa shape index (κ2) is 15.8. The van der Waals surface area contributed by atoms with Crippen LogP contribution >= 0.6 is 0 Å². The Balaban J connectivity index is 3.22. The van der Waals surface area contributed by atoms with Crippen molar-refractivity contribution in [3.63, 3.8) is 0 Å². The molecule has 0 fully saturated rings. The molecule has 0 aromatic rings. The lowest BCUT2D eigenvalue weighted by atomic mass is 9.96. The zero-order valence-electron chi connectivity index (χ0n) is 15.7. The zero-order valence-corrected chi connectivity index (χ0v) is 15.7. The normalized spacial score (nSPS) is 12.0. The topological polar surface area (TPSA) is 52.0 Å². The van der Waals surface area contributed by atoms with Crippen LogP contribution in [-0.4, -0.2) is 5.66 Å². The Morgan fingerprint density at radius 2 is 0.727 bits per heavy atom. The molecule has 4 N–H and O–H groups in total. The van der Waals surface area contributed by atoms with Crippen molar-refractivity contribution in [3.8, 4) is 0 Å². The molecule has 0 bridgehead atoms. The first-order chi connectivity index (χ1) is 10.6. The van der Waals surface area contributed by atoms with Crippen LogP contribution in [0.25, 0.3) is 0 Å². The molecule has 0 saturated carbocycles. The first kappa shape index (κ1) is 21.9. The summed E-state index contributed by atoms with van der Waals surface area (Å²) in [5.74, 6) is 0. The monoisotopic (exact) mass is 312 g/mol. The molecule has 0 aliphatic heterocycles. The molecule has 0 atom stereocenters. The average molecular weight is 313 g/mol. The Morgan fingerprint density at radius 1 is 0.455 bits per heavy atom. The summed E-state index contributed by atoms with van der Waals surface area (Å²) in [7, 11) is 0. The Hall–Kier alpha value is -0.0800. The average Bonchev–Trinajstić information content (AvgIpc) is 2.48. The van der Waals surface area contributed by atoms with E-state index in [1.807, 2.05) is 0 Å². The minimum atomic E-state index is -0.409. The third-order valence-electron chi connectivity index (χ3n) is 4.74. The fourth-order valence-electron chi connectivity index (χ4n) is 3.12. The largest absolute Gasteiger partial charge is 0.313 e. The zero-order chi connectivity index (χ0) is 16.5. The molecule has 0 aliphatic carbocycles. The highest BCUT2D eigenvalue weighted by molar-refractivity contribution is 4.76. The van der Waals surface area contributed by atoms with Gasteiger partial charge in [0.1, 0.15) is 0 Å². The van der Waals surface area contributed by atoms with E-state index in [9.17, 15) is 0 Å². The molecule has 2 heteroatoms. The van der Waals surface area contributed by atoms with Crippen molar-refractivity contribution >= 4 is 0 Å². The van der Waals surface area contributed by atoms with Crippen LogP contribution in [0.1, 0.15) is 123 Å². The van der Waals surface area contributed by atoms with Gasteiger partial charge in [-0.1, -0.05) is 110 Å². The summed E-state index contributed by atoms with van der Waals surface area (Å²) in [6, 6.07) is 0. The lowest BCUT2D eigenvalue weighted by Crippen LogP contribution is -2.49. The van der Waals surface area contributed by atoms with E-state index < -0.39 is 5.66 Å². The number of hydrogen-bond acceptors (Lipinski definition) is 2. The maximum absolute atomic E-state index is 6.17. The van der Waals surface area contributed by atoms with E-state index in [1.54, 1.807) is 0 Å². The van der Waals surface area contributed by atoms with E-state index in [0.29, 0.717) is 0 Å². The Labute approximate surface area is 140 Å². The van der Waals surface area contributed by atoms with Gasteiger partial charge in [0.15, 0.2) is 0 Å². The number of nitrogens with two attached hydrogens (primary N) is 2. The third-order valence-corrected chi connectivity index (χ3v) is 4.74. The molecule has 0 radical (unpaired) electrons. The first-order valence-electron chi connectivity index (χ1n) is 10.2. The van der Waals surface area contributed by atoms with E-state index in [0.717, 1.165) is 12.8 Å². The standard InChI is InChI=1S/C20H44N2/c1-3-5-7-8-9-10-11-12-13-14-15-17-19-20(21,22)18-16-6-4-2/h3-19,21-22H2,1-2H3. The van der Waals surface area contributed by atoms with Crippen molar-refractivity contribution in [1.82, 2.24) is 0 Å². The summed E-state index contributed by atoms with van der Waals surface area (Å²) in [5.41, 5.74) is 11.9. The second-order valence-electron chi connectivity index (χ2n) is 7.33. The highest BCUT2D eigenvalue weighted by atomic mass is 14.9. The highest BCUT2D eigenvalue weighted by Gasteiger charge is 2.17. The van der Waals surface area contributed by atoms with Gasteiger partial charge in [-0.3, -0.25) is 0 Å². The van der Waals surface area contributed by atoms with Crippen molar-refractivity contribution in [2.75, 3.05) is 0 Å². The van der Waals surface area contributed by atoms with Crippen molar-refractivity contribution in [3.05, 3.63) is 0 Å². The van der Waals surface area contributed by atoms with Gasteiger partial charge in [-0.05, 0) is 12.8 Å². The lowest BCUT2D eigenvalue weighted by Gasteiger charge is -2.24. The molecular formula is C20H44N2. The Morgan fingerprint density at radius 3 is 1.14 bits per heavy atom. The van der Waals surface area contributed by atoms with E-state index in [2.05, 4.69) is 13.8 Å². The van der Waals surface area contributed by atoms with Gasteiger partial charge in [-0.25, -0.2) is 0 Å². The maximum Gasteiger partial charge on any atom is 0.0636 e. The summed E-state index contributed by atoms with van der Waals surface area (Å²) in [5, 5.41) is 0. The molecule has 0 aliphatic rings. The smallest absolute Gasteiger partial charge is 0.0636 e. The molecular weight excluding hydrogens is 268 g/mol. The van der Waals surface area contributed by atoms with Gasteiger partial charge in [0, 0.05) is 0 Å². The van der Waals surface area contributed by atoms with Crippen molar-refractivity contribution in [2.24, 2.45) is 11.5 Å². The highest BCUT2D eigenvalue weighted by Crippen LogP contribution is 2.17. The molecule has 0 amide bonds. The first-order valence-corrected chi connectivity index (χ1v) is 10.2. The SMILES string of the molecule is CCCCCCCCCCCCCCC(N)(N)CCCCC. The van der Waals surface area contributed by atoms with Gasteiger partial charge in [0.2, 0.25) is 0 Å². The van der Waals surface area contributed by atoms with Gasteiger partial charge >= 0.3 is 0 Å².